The number of halogens is 4. The molecule has 0 rings (SSSR count). The second-order valence-electron chi connectivity index (χ2n) is 1.34. The second-order valence-corrected chi connectivity index (χ2v) is 2.19. The third-order valence-electron chi connectivity index (χ3n) is 0.495. The normalized spacial score (nSPS) is 13.4. The molecule has 10 heavy (non-hydrogen) atoms. The summed E-state index contributed by atoms with van der Waals surface area (Å²) in [5, 5.41) is 7.93. The summed E-state index contributed by atoms with van der Waals surface area (Å²) in [6, 6.07) is 0. The van der Waals surface area contributed by atoms with Gasteiger partial charge in [0.15, 0.2) is 0 Å². The first-order chi connectivity index (χ1) is 4.33. The SMILES string of the molecule is O=C(O)/C(Br)=C/C(F)(F)F. The Morgan fingerprint density at radius 3 is 2.00 bits per heavy atom. The summed E-state index contributed by atoms with van der Waals surface area (Å²) >= 11 is 2.22. The maximum absolute atomic E-state index is 11.3. The van der Waals surface area contributed by atoms with Crippen LogP contribution in [0.5, 0.6) is 0 Å². The number of rotatable bonds is 1. The zero-order valence-electron chi connectivity index (χ0n) is 4.44. The Hall–Kier alpha value is -0.520. The lowest BCUT2D eigenvalue weighted by molar-refractivity contribution is -0.132. The van der Waals surface area contributed by atoms with Crippen molar-refractivity contribution in [1.29, 1.82) is 0 Å². The third kappa shape index (κ3) is 4.37. The standard InChI is InChI=1S/C4H2BrF3O2/c5-2(3(9)10)1-4(6,7)8/h1H,(H,9,10)/b2-1-. The fourth-order valence-electron chi connectivity index (χ4n) is 0.205. The summed E-state index contributed by atoms with van der Waals surface area (Å²) in [6.45, 7) is 0. The van der Waals surface area contributed by atoms with Crippen LogP contribution in [-0.4, -0.2) is 17.3 Å². The van der Waals surface area contributed by atoms with E-state index in [-0.39, 0.29) is 6.08 Å². The van der Waals surface area contributed by atoms with Gasteiger partial charge in [-0.15, -0.1) is 0 Å². The Kier molecular flexibility index (Phi) is 2.89. The Bertz CT molecular complexity index is 172. The highest BCUT2D eigenvalue weighted by Crippen LogP contribution is 2.20. The molecular weight excluding hydrogens is 217 g/mol. The van der Waals surface area contributed by atoms with Crippen LogP contribution < -0.4 is 0 Å². The average molecular weight is 219 g/mol. The molecule has 0 aliphatic carbocycles. The predicted octanol–water partition coefficient (Wildman–Crippen LogP) is 1.91. The molecule has 0 atom stereocenters. The van der Waals surface area contributed by atoms with Crippen molar-refractivity contribution in [3.8, 4) is 0 Å². The molecule has 2 nitrogen and oxygen atoms in total. The van der Waals surface area contributed by atoms with Gasteiger partial charge in [-0.05, 0) is 15.9 Å². The molecule has 0 saturated heterocycles. The molecule has 0 amide bonds. The maximum Gasteiger partial charge on any atom is 0.411 e. The van der Waals surface area contributed by atoms with Gasteiger partial charge >= 0.3 is 12.1 Å². The van der Waals surface area contributed by atoms with Crippen molar-refractivity contribution in [1.82, 2.24) is 0 Å². The van der Waals surface area contributed by atoms with E-state index in [1.807, 2.05) is 0 Å². The summed E-state index contributed by atoms with van der Waals surface area (Å²) in [4.78, 5) is 9.76. The number of hydrogen-bond donors (Lipinski definition) is 1. The van der Waals surface area contributed by atoms with E-state index in [1.54, 1.807) is 0 Å². The lowest BCUT2D eigenvalue weighted by atomic mass is 10.5. The summed E-state index contributed by atoms with van der Waals surface area (Å²) in [7, 11) is 0. The van der Waals surface area contributed by atoms with Gasteiger partial charge in [0.25, 0.3) is 0 Å². The fourth-order valence-corrected chi connectivity index (χ4v) is 0.465. The van der Waals surface area contributed by atoms with Crippen molar-refractivity contribution in [2.24, 2.45) is 0 Å². The van der Waals surface area contributed by atoms with Crippen LogP contribution in [-0.2, 0) is 4.79 Å². The first-order valence-corrected chi connectivity index (χ1v) is 2.80. The van der Waals surface area contributed by atoms with Crippen molar-refractivity contribution < 1.29 is 23.1 Å². The third-order valence-corrected chi connectivity index (χ3v) is 1.06. The van der Waals surface area contributed by atoms with Crippen LogP contribution in [0.2, 0.25) is 0 Å². The number of hydrogen-bond acceptors (Lipinski definition) is 1. The average Bonchev–Trinajstić information content (AvgIpc) is 1.60. The molecule has 0 spiro atoms. The van der Waals surface area contributed by atoms with E-state index in [2.05, 4.69) is 15.9 Å². The monoisotopic (exact) mass is 218 g/mol. The second kappa shape index (κ2) is 3.05. The number of allylic oxidation sites excluding steroid dienone is 1. The molecular formula is C4H2BrF3O2. The number of carbonyl (C=O) groups is 1. The highest BCUT2D eigenvalue weighted by Gasteiger charge is 2.25. The molecule has 0 fully saturated rings. The molecule has 0 aromatic rings. The van der Waals surface area contributed by atoms with Crippen LogP contribution in [0.25, 0.3) is 0 Å². The minimum atomic E-state index is -4.59. The molecule has 0 aromatic heterocycles. The fraction of sp³-hybridized carbons (Fsp3) is 0.250. The molecule has 6 heteroatoms. The summed E-state index contributed by atoms with van der Waals surface area (Å²) < 4.78 is 33.0. The van der Waals surface area contributed by atoms with Crippen molar-refractivity contribution in [2.45, 2.75) is 6.18 Å². The number of carboxylic acids is 1. The Morgan fingerprint density at radius 2 is 1.90 bits per heavy atom. The molecule has 58 valence electrons. The molecule has 0 unspecified atom stereocenters. The Labute approximate surface area is 62.5 Å². The van der Waals surface area contributed by atoms with Crippen molar-refractivity contribution in [3.05, 3.63) is 10.6 Å². The zero-order chi connectivity index (χ0) is 8.36. The lowest BCUT2D eigenvalue weighted by Crippen LogP contribution is -2.05. The van der Waals surface area contributed by atoms with Crippen LogP contribution in [0.1, 0.15) is 0 Å². The molecule has 0 saturated carbocycles. The van der Waals surface area contributed by atoms with E-state index in [0.29, 0.717) is 0 Å². The van der Waals surface area contributed by atoms with Gasteiger partial charge in [0.1, 0.15) is 4.48 Å². The quantitative estimate of drug-likeness (QED) is 0.684. The van der Waals surface area contributed by atoms with Crippen LogP contribution >= 0.6 is 15.9 Å². The predicted molar refractivity (Wildman–Crippen MR) is 30.7 cm³/mol. The van der Waals surface area contributed by atoms with Crippen molar-refractivity contribution in [2.75, 3.05) is 0 Å². The summed E-state index contributed by atoms with van der Waals surface area (Å²) in [6.07, 6.45) is -4.92. The molecule has 0 bridgehead atoms. The van der Waals surface area contributed by atoms with Gasteiger partial charge in [-0.1, -0.05) is 0 Å². The van der Waals surface area contributed by atoms with E-state index < -0.39 is 16.6 Å². The lowest BCUT2D eigenvalue weighted by Gasteiger charge is -1.97. The van der Waals surface area contributed by atoms with E-state index in [0.717, 1.165) is 0 Å². The van der Waals surface area contributed by atoms with Gasteiger partial charge in [0.2, 0.25) is 0 Å². The number of alkyl halides is 3. The maximum atomic E-state index is 11.3. The minimum Gasteiger partial charge on any atom is -0.477 e. The summed E-state index contributed by atoms with van der Waals surface area (Å²) in [5.74, 6) is -1.64. The van der Waals surface area contributed by atoms with Crippen LogP contribution in [0.3, 0.4) is 0 Å². The Balaban J connectivity index is 4.32. The van der Waals surface area contributed by atoms with Gasteiger partial charge in [0.05, 0.1) is 0 Å². The van der Waals surface area contributed by atoms with Crippen LogP contribution in [0.15, 0.2) is 10.6 Å². The van der Waals surface area contributed by atoms with Gasteiger partial charge in [-0.2, -0.15) is 13.2 Å². The molecule has 0 aromatic carbocycles. The molecule has 0 aliphatic rings. The highest BCUT2D eigenvalue weighted by atomic mass is 79.9. The Morgan fingerprint density at radius 1 is 1.50 bits per heavy atom. The first kappa shape index (κ1) is 9.48. The molecule has 0 radical (unpaired) electrons. The smallest absolute Gasteiger partial charge is 0.411 e. The van der Waals surface area contributed by atoms with Gasteiger partial charge in [-0.3, -0.25) is 0 Å². The van der Waals surface area contributed by atoms with E-state index in [9.17, 15) is 18.0 Å². The first-order valence-electron chi connectivity index (χ1n) is 2.01. The largest absolute Gasteiger partial charge is 0.477 e. The van der Waals surface area contributed by atoms with Gasteiger partial charge in [0, 0.05) is 6.08 Å². The van der Waals surface area contributed by atoms with E-state index in [4.69, 9.17) is 5.11 Å². The molecule has 1 N–H and O–H groups in total. The van der Waals surface area contributed by atoms with Crippen molar-refractivity contribution >= 4 is 21.9 Å². The van der Waals surface area contributed by atoms with Gasteiger partial charge < -0.3 is 5.11 Å². The number of carboxylic acid groups (broad SMARTS) is 1. The van der Waals surface area contributed by atoms with Crippen LogP contribution in [0, 0.1) is 0 Å². The van der Waals surface area contributed by atoms with Crippen molar-refractivity contribution in [3.63, 3.8) is 0 Å². The topological polar surface area (TPSA) is 37.3 Å². The minimum absolute atomic E-state index is 0.338. The zero-order valence-corrected chi connectivity index (χ0v) is 6.03. The van der Waals surface area contributed by atoms with Crippen LogP contribution in [0.4, 0.5) is 13.2 Å². The summed E-state index contributed by atoms with van der Waals surface area (Å²) in [5.41, 5.74) is 0. The molecule has 0 heterocycles. The highest BCUT2D eigenvalue weighted by molar-refractivity contribution is 9.12. The molecule has 0 aliphatic heterocycles. The van der Waals surface area contributed by atoms with E-state index in [1.165, 1.54) is 0 Å². The number of aliphatic carboxylic acids is 1. The van der Waals surface area contributed by atoms with Gasteiger partial charge in [-0.25, -0.2) is 4.79 Å². The van der Waals surface area contributed by atoms with E-state index >= 15 is 0 Å².